The fourth-order valence-electron chi connectivity index (χ4n) is 10.3. The number of benzene rings is 10. The molecule has 0 saturated heterocycles. The summed E-state index contributed by atoms with van der Waals surface area (Å²) in [6.07, 6.45) is 0. The van der Waals surface area contributed by atoms with E-state index in [9.17, 15) is 8.78 Å². The molecule has 3 nitrogen and oxygen atoms in total. The third-order valence-electron chi connectivity index (χ3n) is 13.2. The maximum atomic E-state index is 14.6. The predicted molar refractivity (Wildman–Crippen MR) is 273 cm³/mol. The Balaban J connectivity index is 1.12. The van der Waals surface area contributed by atoms with Gasteiger partial charge in [-0.3, -0.25) is 0 Å². The summed E-state index contributed by atoms with van der Waals surface area (Å²) in [5, 5.41) is 4.42. The van der Waals surface area contributed by atoms with Gasteiger partial charge in [0, 0.05) is 5.69 Å². The van der Waals surface area contributed by atoms with Crippen LogP contribution in [0, 0.1) is 11.6 Å². The first-order chi connectivity index (χ1) is 32.6. The molecule has 10 aromatic carbocycles. The van der Waals surface area contributed by atoms with Crippen molar-refractivity contribution in [3.05, 3.63) is 260 Å². The van der Waals surface area contributed by atoms with Gasteiger partial charge in [0.2, 0.25) is 0 Å². The van der Waals surface area contributed by atoms with Crippen LogP contribution in [0.2, 0.25) is 0 Å². The largest absolute Gasteiger partial charge is 0.0351 e. The molecule has 0 saturated carbocycles. The van der Waals surface area contributed by atoms with Crippen molar-refractivity contribution < 1.29 is 8.78 Å². The Morgan fingerprint density at radius 3 is 1.15 bits per heavy atom. The van der Waals surface area contributed by atoms with Crippen molar-refractivity contribution in [3.63, 3.8) is 0 Å². The van der Waals surface area contributed by atoms with Crippen LogP contribution >= 0.6 is 0 Å². The fraction of sp³-hybridized carbons (Fsp3) is 0. The minimum absolute atomic E-state index is 0.264. The van der Waals surface area contributed by atoms with Gasteiger partial charge in [-0.05, 0) is 30.3 Å². The van der Waals surface area contributed by atoms with E-state index in [4.69, 9.17) is 0 Å². The maximum absolute atomic E-state index is 14.6. The molecule has 6 heteroatoms. The van der Waals surface area contributed by atoms with E-state index in [0.717, 1.165) is 72.0 Å². The minimum atomic E-state index is -3.67. The number of anilines is 3. The summed E-state index contributed by atoms with van der Waals surface area (Å²) in [6, 6.07) is 86.1. The molecule has 0 radical (unpaired) electrons. The average Bonchev–Trinajstić information content (AvgIpc) is 3.88. The van der Waals surface area contributed by atoms with Gasteiger partial charge in [0.15, 0.2) is 0 Å². The zero-order valence-electron chi connectivity index (χ0n) is 35.8. The van der Waals surface area contributed by atoms with Gasteiger partial charge in [-0.15, -0.1) is 0 Å². The third-order valence-corrected chi connectivity index (χ3v) is 23.2. The second kappa shape index (κ2) is 16.2. The first kappa shape index (κ1) is 39.6. The Labute approximate surface area is 384 Å². The number of rotatable bonds is 9. The smallest absolute Gasteiger partial charge is 0.0242 e. The third kappa shape index (κ3) is 6.46. The molecule has 0 aliphatic carbocycles. The van der Waals surface area contributed by atoms with Crippen molar-refractivity contribution in [1.29, 1.82) is 0 Å². The van der Waals surface area contributed by atoms with Crippen LogP contribution in [0.15, 0.2) is 249 Å². The van der Waals surface area contributed by atoms with Crippen LogP contribution in [-0.4, -0.2) is 22.4 Å². The van der Waals surface area contributed by atoms with Crippen LogP contribution in [0.5, 0.6) is 0 Å². The second-order valence-electron chi connectivity index (χ2n) is 16.8. The molecule has 0 unspecified atom stereocenters. The molecule has 0 N–H and O–H groups in total. The molecule has 2 heterocycles. The summed E-state index contributed by atoms with van der Waals surface area (Å²) in [5.41, 5.74) is 8.98. The van der Waals surface area contributed by atoms with Gasteiger partial charge in [-0.25, -0.2) is 4.39 Å². The number of para-hydroxylation sites is 2. The minimum Gasteiger partial charge on any atom is -0.0351 e. The quantitative estimate of drug-likeness (QED) is 0.132. The normalized spacial score (nSPS) is 11.8. The molecular weight excluding hydrogens is 873 g/mol. The number of nitrogens with zero attached hydrogens (tertiary/aromatic N) is 3. The van der Waals surface area contributed by atoms with Crippen LogP contribution < -0.4 is 22.5 Å². The van der Waals surface area contributed by atoms with Gasteiger partial charge < -0.3 is 0 Å². The number of fused-ring (bicyclic) bond motifs is 6. The monoisotopic (exact) mass is 915 g/mol. The number of hydrogen-bond donors (Lipinski definition) is 0. The van der Waals surface area contributed by atoms with Gasteiger partial charge in [0.05, 0.1) is 0 Å². The number of hydrogen-bond acceptors (Lipinski definition) is 1. The standard InChI is InChI=1S/C60H41F2GeN3/c61-42-25-30-49(31-26-42)65-57-24-14-13-23-53(57)55-40-51(34-37-59(55)65)64(48-21-11-4-12-22-48)52-35-38-60-56(41-52)54-39-47(29-36-58(54)66(60)50-32-27-43(62)28-33-50)63(44-15-5-1-6-16-44,45-17-7-2-8-18-45)46-19-9-3-10-20-46/h1-41H. The molecular formula is C60H41F2GeN3. The molecule has 0 aliphatic rings. The van der Waals surface area contributed by atoms with Crippen LogP contribution in [0.3, 0.4) is 0 Å². The SMILES string of the molecule is Fc1ccc(-n2c3ccccc3c3cc(N(c4ccccc4)c4ccc5c(c4)c4c[c]([Ge]([c]6ccccc6)([c]6ccccc6)[c]6ccccc6)ccc4n5-c4ccc(F)cc4)ccc32)cc1. The number of halogens is 2. The molecule has 2 aromatic heterocycles. The summed E-state index contributed by atoms with van der Waals surface area (Å²) in [4.78, 5) is 2.33. The number of aromatic nitrogens is 2. The zero-order valence-corrected chi connectivity index (χ0v) is 37.9. The Hall–Kier alpha value is -8.00. The summed E-state index contributed by atoms with van der Waals surface area (Å²) in [6.45, 7) is 0. The molecule has 0 atom stereocenters. The van der Waals surface area contributed by atoms with Crippen LogP contribution in [0.1, 0.15) is 0 Å². The van der Waals surface area contributed by atoms with E-state index in [1.165, 1.54) is 41.8 Å². The molecule has 0 bridgehead atoms. The van der Waals surface area contributed by atoms with Crippen molar-refractivity contribution in [2.75, 3.05) is 4.90 Å². The maximum Gasteiger partial charge on any atom is -0.0242 e. The fourth-order valence-corrected chi connectivity index (χ4v) is 20.3. The van der Waals surface area contributed by atoms with E-state index in [2.05, 4.69) is 208 Å². The molecule has 0 amide bonds. The Kier molecular flexibility index (Phi) is 9.72. The first-order valence-corrected chi connectivity index (χ1v) is 26.4. The van der Waals surface area contributed by atoms with E-state index >= 15 is 0 Å². The Morgan fingerprint density at radius 2 is 0.667 bits per heavy atom. The van der Waals surface area contributed by atoms with Crippen molar-refractivity contribution in [3.8, 4) is 11.4 Å². The molecule has 66 heavy (non-hydrogen) atoms. The van der Waals surface area contributed by atoms with Crippen molar-refractivity contribution in [1.82, 2.24) is 9.13 Å². The van der Waals surface area contributed by atoms with Crippen molar-refractivity contribution >= 4 is 91.5 Å². The van der Waals surface area contributed by atoms with E-state index < -0.39 is 13.3 Å². The van der Waals surface area contributed by atoms with Gasteiger partial charge in [-0.2, -0.15) is 0 Å². The second-order valence-corrected chi connectivity index (χ2v) is 24.8. The topological polar surface area (TPSA) is 13.1 Å². The average molecular weight is 915 g/mol. The Bertz CT molecular complexity index is 3600. The molecule has 0 fully saturated rings. The molecule has 12 aromatic rings. The van der Waals surface area contributed by atoms with Crippen LogP contribution in [0.4, 0.5) is 25.8 Å². The molecule has 314 valence electrons. The summed E-state index contributed by atoms with van der Waals surface area (Å²) in [7, 11) is 0. The van der Waals surface area contributed by atoms with Crippen molar-refractivity contribution in [2.24, 2.45) is 0 Å². The van der Waals surface area contributed by atoms with E-state index in [0.29, 0.717) is 0 Å². The van der Waals surface area contributed by atoms with E-state index in [1.807, 2.05) is 30.3 Å². The first-order valence-electron chi connectivity index (χ1n) is 22.2. The molecule has 12 rings (SSSR count). The van der Waals surface area contributed by atoms with Gasteiger partial charge in [0.25, 0.3) is 0 Å². The van der Waals surface area contributed by atoms with Crippen LogP contribution in [0.25, 0.3) is 55.0 Å². The zero-order chi connectivity index (χ0) is 44.2. The van der Waals surface area contributed by atoms with E-state index in [1.54, 1.807) is 0 Å². The van der Waals surface area contributed by atoms with Gasteiger partial charge in [0.1, 0.15) is 5.82 Å². The summed E-state index contributed by atoms with van der Waals surface area (Å²) < 4.78 is 38.6. The van der Waals surface area contributed by atoms with Crippen molar-refractivity contribution in [2.45, 2.75) is 0 Å². The molecule has 0 aliphatic heterocycles. The predicted octanol–water partition coefficient (Wildman–Crippen LogP) is 13.0. The molecule has 0 spiro atoms. The van der Waals surface area contributed by atoms with Gasteiger partial charge in [-0.1, -0.05) is 12.1 Å². The summed E-state index contributed by atoms with van der Waals surface area (Å²) in [5.74, 6) is -0.535. The van der Waals surface area contributed by atoms with E-state index in [-0.39, 0.29) is 11.6 Å². The Morgan fingerprint density at radius 1 is 0.288 bits per heavy atom. The summed E-state index contributed by atoms with van der Waals surface area (Å²) >= 11 is -3.67. The van der Waals surface area contributed by atoms with Gasteiger partial charge >= 0.3 is 328 Å². The van der Waals surface area contributed by atoms with Crippen LogP contribution in [-0.2, 0) is 0 Å².